The van der Waals surface area contributed by atoms with Crippen LogP contribution in [0.2, 0.25) is 0 Å². The second kappa shape index (κ2) is 4.78. The highest BCUT2D eigenvalue weighted by Gasteiger charge is 2.36. The van der Waals surface area contributed by atoms with E-state index < -0.39 is 11.8 Å². The standard InChI is InChI=1S/C16H10N2O4/c19-15-10-5-1-2-6-11(10)16(20)18(15)21-9-14-17-12-7-3-4-8-13(12)22-14/h1-8H,9H2. The molecule has 2 amide bonds. The molecule has 0 N–H and O–H groups in total. The van der Waals surface area contributed by atoms with E-state index in [-0.39, 0.29) is 6.61 Å². The molecule has 22 heavy (non-hydrogen) atoms. The molecule has 6 nitrogen and oxygen atoms in total. The Morgan fingerprint density at radius 2 is 1.59 bits per heavy atom. The largest absolute Gasteiger partial charge is 0.438 e. The second-order valence-electron chi connectivity index (χ2n) is 4.80. The molecule has 1 aliphatic rings. The summed E-state index contributed by atoms with van der Waals surface area (Å²) in [6.07, 6.45) is 0. The quantitative estimate of drug-likeness (QED) is 0.694. The van der Waals surface area contributed by atoms with Crippen molar-refractivity contribution in [1.82, 2.24) is 10.0 Å². The third kappa shape index (κ3) is 1.89. The van der Waals surface area contributed by atoms with Crippen LogP contribution < -0.4 is 0 Å². The van der Waals surface area contributed by atoms with Crippen molar-refractivity contribution in [1.29, 1.82) is 0 Å². The molecule has 3 aromatic rings. The molecule has 6 heteroatoms. The van der Waals surface area contributed by atoms with E-state index in [2.05, 4.69) is 4.98 Å². The minimum atomic E-state index is -0.475. The topological polar surface area (TPSA) is 72.6 Å². The van der Waals surface area contributed by atoms with Crippen molar-refractivity contribution in [2.24, 2.45) is 0 Å². The highest BCUT2D eigenvalue weighted by Crippen LogP contribution is 2.23. The van der Waals surface area contributed by atoms with Crippen LogP contribution in [0, 0.1) is 0 Å². The predicted octanol–water partition coefficient (Wildman–Crippen LogP) is 2.56. The smallest absolute Gasteiger partial charge is 0.285 e. The summed E-state index contributed by atoms with van der Waals surface area (Å²) in [6.45, 7) is -0.0971. The molecule has 0 atom stereocenters. The minimum absolute atomic E-state index is 0.0971. The first-order valence-electron chi connectivity index (χ1n) is 6.69. The van der Waals surface area contributed by atoms with Crippen molar-refractivity contribution in [3.05, 3.63) is 65.5 Å². The lowest BCUT2D eigenvalue weighted by Crippen LogP contribution is -2.29. The summed E-state index contributed by atoms with van der Waals surface area (Å²) in [6, 6.07) is 13.9. The molecule has 2 aromatic carbocycles. The van der Waals surface area contributed by atoms with Crippen LogP contribution in [0.3, 0.4) is 0 Å². The van der Waals surface area contributed by atoms with Crippen molar-refractivity contribution < 1.29 is 18.8 Å². The summed E-state index contributed by atoms with van der Waals surface area (Å²) >= 11 is 0. The summed E-state index contributed by atoms with van der Waals surface area (Å²) in [5.41, 5.74) is 2.00. The lowest BCUT2D eigenvalue weighted by Gasteiger charge is -2.11. The number of rotatable bonds is 3. The van der Waals surface area contributed by atoms with Gasteiger partial charge in [0, 0.05) is 0 Å². The molecule has 1 aromatic heterocycles. The Balaban J connectivity index is 1.55. The SMILES string of the molecule is O=C1c2ccccc2C(=O)N1OCc1nc2ccccc2o1. The Morgan fingerprint density at radius 3 is 2.27 bits per heavy atom. The molecular formula is C16H10N2O4. The van der Waals surface area contributed by atoms with E-state index >= 15 is 0 Å². The van der Waals surface area contributed by atoms with E-state index in [1.165, 1.54) is 0 Å². The van der Waals surface area contributed by atoms with Crippen molar-refractivity contribution in [2.45, 2.75) is 6.61 Å². The zero-order chi connectivity index (χ0) is 15.1. The molecule has 0 spiro atoms. The number of oxazole rings is 1. The van der Waals surface area contributed by atoms with Crippen LogP contribution in [0.1, 0.15) is 26.6 Å². The fourth-order valence-electron chi connectivity index (χ4n) is 2.39. The van der Waals surface area contributed by atoms with Crippen molar-refractivity contribution >= 4 is 22.9 Å². The maximum atomic E-state index is 12.1. The van der Waals surface area contributed by atoms with Crippen molar-refractivity contribution in [2.75, 3.05) is 0 Å². The van der Waals surface area contributed by atoms with Gasteiger partial charge in [-0.1, -0.05) is 24.3 Å². The molecule has 0 bridgehead atoms. The van der Waals surface area contributed by atoms with Crippen LogP contribution in [-0.2, 0) is 11.4 Å². The molecule has 0 saturated carbocycles. The van der Waals surface area contributed by atoms with Crippen LogP contribution in [0.5, 0.6) is 0 Å². The summed E-state index contributed by atoms with van der Waals surface area (Å²) < 4.78 is 5.49. The monoisotopic (exact) mass is 294 g/mol. The van der Waals surface area contributed by atoms with Crippen LogP contribution in [0.15, 0.2) is 52.9 Å². The zero-order valence-corrected chi connectivity index (χ0v) is 11.4. The van der Waals surface area contributed by atoms with Gasteiger partial charge in [-0.15, -0.1) is 5.06 Å². The Hall–Kier alpha value is -2.99. The van der Waals surface area contributed by atoms with E-state index in [0.717, 1.165) is 5.06 Å². The van der Waals surface area contributed by atoms with Gasteiger partial charge in [0.2, 0.25) is 5.89 Å². The number of amides is 2. The van der Waals surface area contributed by atoms with Gasteiger partial charge in [0.25, 0.3) is 11.8 Å². The third-order valence-electron chi connectivity index (χ3n) is 3.41. The zero-order valence-electron chi connectivity index (χ0n) is 11.4. The van der Waals surface area contributed by atoms with Gasteiger partial charge in [-0.05, 0) is 24.3 Å². The Bertz CT molecular complexity index is 832. The normalized spacial score (nSPS) is 13.9. The number of hydrogen-bond donors (Lipinski definition) is 0. The Morgan fingerprint density at radius 1 is 0.955 bits per heavy atom. The van der Waals surface area contributed by atoms with Gasteiger partial charge in [0.05, 0.1) is 11.1 Å². The van der Waals surface area contributed by atoms with Crippen molar-refractivity contribution in [3.63, 3.8) is 0 Å². The average Bonchev–Trinajstić information content (AvgIpc) is 3.06. The lowest BCUT2D eigenvalue weighted by atomic mass is 10.1. The van der Waals surface area contributed by atoms with Crippen LogP contribution >= 0.6 is 0 Å². The van der Waals surface area contributed by atoms with Crippen LogP contribution in [-0.4, -0.2) is 21.9 Å². The number of carbonyl (C=O) groups is 2. The highest BCUT2D eigenvalue weighted by molar-refractivity contribution is 6.20. The molecule has 0 aliphatic carbocycles. The van der Waals surface area contributed by atoms with Gasteiger partial charge < -0.3 is 4.42 Å². The number of carbonyl (C=O) groups excluding carboxylic acids is 2. The van der Waals surface area contributed by atoms with Gasteiger partial charge in [0.15, 0.2) is 12.2 Å². The van der Waals surface area contributed by atoms with Crippen molar-refractivity contribution in [3.8, 4) is 0 Å². The van der Waals surface area contributed by atoms with Gasteiger partial charge in [0.1, 0.15) is 5.52 Å². The molecule has 0 saturated heterocycles. The van der Waals surface area contributed by atoms with Gasteiger partial charge >= 0.3 is 0 Å². The molecular weight excluding hydrogens is 284 g/mol. The first kappa shape index (κ1) is 12.7. The lowest BCUT2D eigenvalue weighted by molar-refractivity contribution is -0.106. The number of aromatic nitrogens is 1. The minimum Gasteiger partial charge on any atom is -0.438 e. The number of para-hydroxylation sites is 2. The van der Waals surface area contributed by atoms with E-state index in [1.807, 2.05) is 18.2 Å². The first-order valence-corrected chi connectivity index (χ1v) is 6.69. The predicted molar refractivity (Wildman–Crippen MR) is 75.7 cm³/mol. The summed E-state index contributed by atoms with van der Waals surface area (Å²) in [5.74, 6) is -0.647. The number of fused-ring (bicyclic) bond motifs is 2. The molecule has 4 rings (SSSR count). The van der Waals surface area contributed by atoms with Gasteiger partial charge in [-0.2, -0.15) is 0 Å². The fraction of sp³-hybridized carbons (Fsp3) is 0.0625. The molecule has 0 unspecified atom stereocenters. The summed E-state index contributed by atoms with van der Waals surface area (Å²) in [4.78, 5) is 33.8. The number of nitrogens with zero attached hydrogens (tertiary/aromatic N) is 2. The average molecular weight is 294 g/mol. The van der Waals surface area contributed by atoms with Gasteiger partial charge in [-0.25, -0.2) is 4.98 Å². The first-order chi connectivity index (χ1) is 10.7. The van der Waals surface area contributed by atoms with Crippen LogP contribution in [0.25, 0.3) is 11.1 Å². The fourth-order valence-corrected chi connectivity index (χ4v) is 2.39. The maximum Gasteiger partial charge on any atom is 0.285 e. The maximum absolute atomic E-state index is 12.1. The Labute approximate surface area is 124 Å². The van der Waals surface area contributed by atoms with E-state index in [0.29, 0.717) is 28.1 Å². The van der Waals surface area contributed by atoms with E-state index in [9.17, 15) is 9.59 Å². The molecule has 2 heterocycles. The number of imide groups is 1. The third-order valence-corrected chi connectivity index (χ3v) is 3.41. The molecule has 0 radical (unpaired) electrons. The molecule has 108 valence electrons. The summed E-state index contributed by atoms with van der Waals surface area (Å²) in [5, 5.41) is 0.750. The van der Waals surface area contributed by atoms with E-state index in [1.54, 1.807) is 30.3 Å². The Kier molecular flexibility index (Phi) is 2.77. The number of hydroxylamine groups is 2. The molecule has 1 aliphatic heterocycles. The number of hydrogen-bond acceptors (Lipinski definition) is 5. The van der Waals surface area contributed by atoms with Gasteiger partial charge in [-0.3, -0.25) is 14.4 Å². The second-order valence-corrected chi connectivity index (χ2v) is 4.80. The number of benzene rings is 2. The summed E-state index contributed by atoms with van der Waals surface area (Å²) in [7, 11) is 0. The van der Waals surface area contributed by atoms with E-state index in [4.69, 9.17) is 9.25 Å². The van der Waals surface area contributed by atoms with Crippen LogP contribution in [0.4, 0.5) is 0 Å². The highest BCUT2D eigenvalue weighted by atomic mass is 16.7. The molecule has 0 fully saturated rings.